The lowest BCUT2D eigenvalue weighted by Crippen LogP contribution is -2.22. The molecule has 20 heavy (non-hydrogen) atoms. The Morgan fingerprint density at radius 3 is 2.30 bits per heavy atom. The predicted octanol–water partition coefficient (Wildman–Crippen LogP) is 4.88. The van der Waals surface area contributed by atoms with E-state index in [1.54, 1.807) is 11.8 Å². The fraction of sp³-hybridized carbons (Fsp3) is 0.188. The van der Waals surface area contributed by atoms with Gasteiger partial charge in [-0.15, -0.1) is 11.8 Å². The molecular formula is C16H16BrNOS. The molecule has 0 aliphatic carbocycles. The van der Waals surface area contributed by atoms with Crippen LogP contribution in [-0.4, -0.2) is 11.2 Å². The molecule has 0 radical (unpaired) electrons. The highest BCUT2D eigenvalue weighted by molar-refractivity contribution is 9.10. The van der Waals surface area contributed by atoms with Crippen LogP contribution in [0, 0.1) is 6.92 Å². The Balaban J connectivity index is 1.94. The monoisotopic (exact) mass is 349 g/mol. The summed E-state index contributed by atoms with van der Waals surface area (Å²) in [6.45, 7) is 3.94. The number of thioether (sulfide) groups is 1. The van der Waals surface area contributed by atoms with Gasteiger partial charge in [-0.2, -0.15) is 0 Å². The third-order valence-corrected chi connectivity index (χ3v) is 4.46. The van der Waals surface area contributed by atoms with Gasteiger partial charge in [0.15, 0.2) is 0 Å². The van der Waals surface area contributed by atoms with Crippen molar-refractivity contribution in [3.8, 4) is 0 Å². The Bertz CT molecular complexity index is 580. The summed E-state index contributed by atoms with van der Waals surface area (Å²) in [5, 5.41) is 2.79. The number of anilines is 1. The van der Waals surface area contributed by atoms with E-state index in [9.17, 15) is 4.79 Å². The van der Waals surface area contributed by atoms with E-state index >= 15 is 0 Å². The lowest BCUT2D eigenvalue weighted by molar-refractivity contribution is -0.115. The topological polar surface area (TPSA) is 29.1 Å². The molecule has 0 aliphatic rings. The van der Waals surface area contributed by atoms with Gasteiger partial charge < -0.3 is 5.32 Å². The normalized spacial score (nSPS) is 11.9. The number of halogens is 1. The molecule has 0 spiro atoms. The van der Waals surface area contributed by atoms with Gasteiger partial charge >= 0.3 is 0 Å². The summed E-state index contributed by atoms with van der Waals surface area (Å²) in [7, 11) is 0. The number of carbonyl (C=O) groups excluding carboxylic acids is 1. The molecule has 0 aliphatic heterocycles. The van der Waals surface area contributed by atoms with E-state index < -0.39 is 0 Å². The van der Waals surface area contributed by atoms with E-state index in [4.69, 9.17) is 0 Å². The molecule has 0 aromatic heterocycles. The minimum absolute atomic E-state index is 0.0155. The zero-order valence-corrected chi connectivity index (χ0v) is 13.8. The van der Waals surface area contributed by atoms with Crippen LogP contribution in [-0.2, 0) is 4.79 Å². The molecule has 1 N–H and O–H groups in total. The average Bonchev–Trinajstić information content (AvgIpc) is 2.44. The molecule has 0 bridgehead atoms. The Kier molecular flexibility index (Phi) is 5.26. The Morgan fingerprint density at radius 2 is 1.70 bits per heavy atom. The maximum Gasteiger partial charge on any atom is 0.237 e. The molecule has 1 amide bonds. The third kappa shape index (κ3) is 4.39. The fourth-order valence-corrected chi connectivity index (χ4v) is 2.78. The number of rotatable bonds is 4. The first-order valence-corrected chi connectivity index (χ1v) is 8.01. The van der Waals surface area contributed by atoms with Crippen molar-refractivity contribution in [2.75, 3.05) is 5.32 Å². The smallest absolute Gasteiger partial charge is 0.237 e. The van der Waals surface area contributed by atoms with Crippen molar-refractivity contribution < 1.29 is 4.79 Å². The number of amides is 1. The number of benzene rings is 2. The van der Waals surface area contributed by atoms with Crippen molar-refractivity contribution in [1.82, 2.24) is 0 Å². The predicted molar refractivity (Wildman–Crippen MR) is 89.3 cm³/mol. The van der Waals surface area contributed by atoms with Gasteiger partial charge in [-0.3, -0.25) is 4.79 Å². The highest BCUT2D eigenvalue weighted by atomic mass is 79.9. The second kappa shape index (κ2) is 6.95. The van der Waals surface area contributed by atoms with Crippen molar-refractivity contribution in [2.24, 2.45) is 0 Å². The van der Waals surface area contributed by atoms with Crippen LogP contribution in [0.5, 0.6) is 0 Å². The van der Waals surface area contributed by atoms with Crippen LogP contribution in [0.25, 0.3) is 0 Å². The number of hydrogen-bond donors (Lipinski definition) is 1. The molecule has 0 fully saturated rings. The first kappa shape index (κ1) is 15.1. The molecule has 0 saturated carbocycles. The number of aryl methyl sites for hydroxylation is 1. The van der Waals surface area contributed by atoms with Gasteiger partial charge in [0.05, 0.1) is 5.25 Å². The number of carbonyl (C=O) groups is 1. The van der Waals surface area contributed by atoms with E-state index in [1.807, 2.05) is 62.4 Å². The zero-order valence-electron chi connectivity index (χ0n) is 11.4. The summed E-state index contributed by atoms with van der Waals surface area (Å²) in [5.41, 5.74) is 2.02. The molecule has 1 atom stereocenters. The van der Waals surface area contributed by atoms with Crippen LogP contribution in [0.3, 0.4) is 0 Å². The maximum atomic E-state index is 12.1. The first-order chi connectivity index (χ1) is 9.54. The quantitative estimate of drug-likeness (QED) is 0.797. The van der Waals surface area contributed by atoms with Crippen molar-refractivity contribution >= 4 is 39.3 Å². The Hall–Kier alpha value is -1.26. The van der Waals surface area contributed by atoms with Crippen LogP contribution in [0.1, 0.15) is 12.5 Å². The van der Waals surface area contributed by atoms with Crippen LogP contribution < -0.4 is 5.32 Å². The summed E-state index contributed by atoms with van der Waals surface area (Å²) >= 11 is 4.95. The van der Waals surface area contributed by atoms with Crippen molar-refractivity contribution in [3.05, 3.63) is 58.6 Å². The lowest BCUT2D eigenvalue weighted by atomic mass is 10.2. The molecule has 4 heteroatoms. The number of nitrogens with one attached hydrogen (secondary N) is 1. The van der Waals surface area contributed by atoms with Crippen molar-refractivity contribution in [2.45, 2.75) is 24.0 Å². The molecule has 0 heterocycles. The van der Waals surface area contributed by atoms with Crippen molar-refractivity contribution in [1.29, 1.82) is 0 Å². The van der Waals surface area contributed by atoms with E-state index in [0.717, 1.165) is 15.1 Å². The van der Waals surface area contributed by atoms with Gasteiger partial charge in [0.1, 0.15) is 0 Å². The van der Waals surface area contributed by atoms with Crippen LogP contribution >= 0.6 is 27.7 Å². The van der Waals surface area contributed by atoms with Gasteiger partial charge in [0.25, 0.3) is 0 Å². The Labute approximate surface area is 132 Å². The highest BCUT2D eigenvalue weighted by Crippen LogP contribution is 2.25. The largest absolute Gasteiger partial charge is 0.325 e. The van der Waals surface area contributed by atoms with Gasteiger partial charge in [0.2, 0.25) is 5.91 Å². The fourth-order valence-electron chi connectivity index (χ4n) is 1.65. The molecule has 2 nitrogen and oxygen atoms in total. The maximum absolute atomic E-state index is 12.1. The standard InChI is InChI=1S/C16H16BrNOS/c1-11-3-7-14(8-4-11)18-16(19)12(2)20-15-9-5-13(17)6-10-15/h3-10,12H,1-2H3,(H,18,19)/t12-/m1/s1. The third-order valence-electron chi connectivity index (χ3n) is 2.81. The van der Waals surface area contributed by atoms with Gasteiger partial charge in [-0.25, -0.2) is 0 Å². The van der Waals surface area contributed by atoms with E-state index in [0.29, 0.717) is 0 Å². The van der Waals surface area contributed by atoms with Crippen LogP contribution in [0.15, 0.2) is 57.9 Å². The van der Waals surface area contributed by atoms with Gasteiger partial charge in [0, 0.05) is 15.1 Å². The molecule has 2 aromatic rings. The average molecular weight is 350 g/mol. The molecule has 0 saturated heterocycles. The van der Waals surface area contributed by atoms with Crippen molar-refractivity contribution in [3.63, 3.8) is 0 Å². The summed E-state index contributed by atoms with van der Waals surface area (Å²) in [5.74, 6) is 0.0155. The minimum Gasteiger partial charge on any atom is -0.325 e. The second-order valence-electron chi connectivity index (χ2n) is 4.57. The first-order valence-electron chi connectivity index (χ1n) is 6.34. The second-order valence-corrected chi connectivity index (χ2v) is 6.90. The van der Waals surface area contributed by atoms with Gasteiger partial charge in [-0.05, 0) is 50.2 Å². The molecular weight excluding hydrogens is 334 g/mol. The lowest BCUT2D eigenvalue weighted by Gasteiger charge is -2.12. The summed E-state index contributed by atoms with van der Waals surface area (Å²) in [4.78, 5) is 13.2. The molecule has 2 rings (SSSR count). The molecule has 2 aromatic carbocycles. The number of hydrogen-bond acceptors (Lipinski definition) is 2. The van der Waals surface area contributed by atoms with Crippen LogP contribution in [0.2, 0.25) is 0 Å². The summed E-state index contributed by atoms with van der Waals surface area (Å²) in [6, 6.07) is 15.8. The Morgan fingerprint density at radius 1 is 1.10 bits per heavy atom. The summed E-state index contributed by atoms with van der Waals surface area (Å²) < 4.78 is 1.04. The van der Waals surface area contributed by atoms with E-state index in [2.05, 4.69) is 21.2 Å². The van der Waals surface area contributed by atoms with Crippen LogP contribution in [0.4, 0.5) is 5.69 Å². The SMILES string of the molecule is Cc1ccc(NC(=O)[C@@H](C)Sc2ccc(Br)cc2)cc1. The van der Waals surface area contributed by atoms with E-state index in [1.165, 1.54) is 5.56 Å². The van der Waals surface area contributed by atoms with E-state index in [-0.39, 0.29) is 11.2 Å². The molecule has 104 valence electrons. The zero-order chi connectivity index (χ0) is 14.5. The summed E-state index contributed by atoms with van der Waals surface area (Å²) in [6.07, 6.45) is 0. The van der Waals surface area contributed by atoms with Gasteiger partial charge in [-0.1, -0.05) is 33.6 Å². The molecule has 0 unspecified atom stereocenters. The highest BCUT2D eigenvalue weighted by Gasteiger charge is 2.14. The minimum atomic E-state index is -0.141.